The van der Waals surface area contributed by atoms with Crippen LogP contribution in [0.25, 0.3) is 0 Å². The van der Waals surface area contributed by atoms with E-state index in [9.17, 15) is 28.1 Å². The molecule has 1 heterocycles. The Morgan fingerprint density at radius 2 is 1.60 bits per heavy atom. The Bertz CT molecular complexity index is 1060. The summed E-state index contributed by atoms with van der Waals surface area (Å²) < 4.78 is 22.6. The van der Waals surface area contributed by atoms with E-state index < -0.39 is 14.9 Å². The number of nitro benzene ring substituents is 1. The van der Waals surface area contributed by atoms with Gasteiger partial charge in [0, 0.05) is 42.4 Å². The molecule has 0 aliphatic carbocycles. The van der Waals surface area contributed by atoms with Crippen LogP contribution in [0.3, 0.4) is 0 Å². The summed E-state index contributed by atoms with van der Waals surface area (Å²) in [7, 11) is -3.80. The van der Waals surface area contributed by atoms with Crippen molar-refractivity contribution < 1.29 is 22.9 Å². The number of nitrogens with one attached hydrogen (secondary N) is 1. The number of primary sulfonamides is 1. The lowest BCUT2D eigenvalue weighted by molar-refractivity contribution is -0.384. The van der Waals surface area contributed by atoms with E-state index in [1.165, 1.54) is 48.5 Å². The predicted molar refractivity (Wildman–Crippen MR) is 108 cm³/mol. The molecule has 158 valence electrons. The van der Waals surface area contributed by atoms with Gasteiger partial charge in [0.25, 0.3) is 11.6 Å². The minimum atomic E-state index is -3.80. The first-order valence-corrected chi connectivity index (χ1v) is 10.7. The van der Waals surface area contributed by atoms with Crippen LogP contribution >= 0.6 is 0 Å². The molecule has 0 atom stereocenters. The number of nitro groups is 1. The fraction of sp³-hybridized carbons (Fsp3) is 0.263. The fourth-order valence-corrected chi connectivity index (χ4v) is 3.74. The van der Waals surface area contributed by atoms with E-state index >= 15 is 0 Å². The third-order valence-corrected chi connectivity index (χ3v) is 5.86. The van der Waals surface area contributed by atoms with E-state index in [4.69, 9.17) is 5.14 Å². The first kappa shape index (κ1) is 21.4. The van der Waals surface area contributed by atoms with Gasteiger partial charge in [-0.1, -0.05) is 0 Å². The number of rotatable bonds is 5. The molecule has 3 rings (SSSR count). The minimum absolute atomic E-state index is 0.0430. The Morgan fingerprint density at radius 1 is 1.03 bits per heavy atom. The second kappa shape index (κ2) is 8.59. The lowest BCUT2D eigenvalue weighted by Gasteiger charge is -2.31. The summed E-state index contributed by atoms with van der Waals surface area (Å²) in [6, 6.07) is 11.0. The highest BCUT2D eigenvalue weighted by Gasteiger charge is 2.28. The summed E-state index contributed by atoms with van der Waals surface area (Å²) in [5.41, 5.74) is 0.731. The molecule has 2 aromatic rings. The molecule has 1 fully saturated rings. The minimum Gasteiger partial charge on any atom is -0.339 e. The van der Waals surface area contributed by atoms with Crippen LogP contribution in [0.5, 0.6) is 0 Å². The maximum Gasteiger partial charge on any atom is 0.269 e. The van der Waals surface area contributed by atoms with Gasteiger partial charge in [-0.2, -0.15) is 0 Å². The van der Waals surface area contributed by atoms with E-state index in [1.807, 2.05) is 0 Å². The molecule has 1 saturated heterocycles. The molecule has 11 heteroatoms. The Hall–Kier alpha value is -3.31. The number of carbonyl (C=O) groups is 2. The van der Waals surface area contributed by atoms with Crippen molar-refractivity contribution in [2.45, 2.75) is 17.7 Å². The van der Waals surface area contributed by atoms with E-state index in [1.54, 1.807) is 4.90 Å². The quantitative estimate of drug-likeness (QED) is 0.542. The number of non-ortho nitro benzene ring substituents is 1. The molecule has 0 unspecified atom stereocenters. The lowest BCUT2D eigenvalue weighted by atomic mass is 9.95. The van der Waals surface area contributed by atoms with Gasteiger partial charge in [-0.05, 0) is 49.2 Å². The monoisotopic (exact) mass is 432 g/mol. The van der Waals surface area contributed by atoms with E-state index in [0.717, 1.165) is 0 Å². The maximum atomic E-state index is 12.6. The highest BCUT2D eigenvalue weighted by Crippen LogP contribution is 2.22. The number of amides is 2. The van der Waals surface area contributed by atoms with Crippen LogP contribution in [0.1, 0.15) is 23.2 Å². The largest absolute Gasteiger partial charge is 0.339 e. The molecule has 30 heavy (non-hydrogen) atoms. The highest BCUT2D eigenvalue weighted by atomic mass is 32.2. The van der Waals surface area contributed by atoms with E-state index in [0.29, 0.717) is 37.2 Å². The number of nitrogens with two attached hydrogens (primary N) is 1. The smallest absolute Gasteiger partial charge is 0.269 e. The zero-order valence-electron chi connectivity index (χ0n) is 15.9. The second-order valence-corrected chi connectivity index (χ2v) is 8.49. The predicted octanol–water partition coefficient (Wildman–Crippen LogP) is 1.73. The van der Waals surface area contributed by atoms with Crippen LogP contribution < -0.4 is 10.5 Å². The van der Waals surface area contributed by atoms with Gasteiger partial charge in [0.1, 0.15) is 0 Å². The SMILES string of the molecule is NS(=O)(=O)c1ccc(NC(=O)C2CCN(C(=O)c3ccc([N+](=O)[O-])cc3)CC2)cc1. The summed E-state index contributed by atoms with van der Waals surface area (Å²) >= 11 is 0. The zero-order valence-corrected chi connectivity index (χ0v) is 16.7. The van der Waals surface area contributed by atoms with Crippen molar-refractivity contribution in [2.24, 2.45) is 11.1 Å². The Balaban J connectivity index is 1.55. The topological polar surface area (TPSA) is 153 Å². The van der Waals surface area contributed by atoms with E-state index in [-0.39, 0.29) is 28.3 Å². The van der Waals surface area contributed by atoms with Crippen molar-refractivity contribution in [1.29, 1.82) is 0 Å². The van der Waals surface area contributed by atoms with Crippen LogP contribution in [0.2, 0.25) is 0 Å². The second-order valence-electron chi connectivity index (χ2n) is 6.93. The standard InChI is InChI=1S/C19H20N4O6S/c20-30(28,29)17-7-3-15(4-8-17)21-18(24)13-9-11-22(12-10-13)19(25)14-1-5-16(6-2-14)23(26)27/h1-8,13H,9-12H2,(H,21,24)(H2,20,28,29). The van der Waals surface area contributed by atoms with Gasteiger partial charge < -0.3 is 10.2 Å². The number of hydrogen-bond acceptors (Lipinski definition) is 6. The van der Waals surface area contributed by atoms with Crippen molar-refractivity contribution >= 4 is 33.2 Å². The van der Waals surface area contributed by atoms with Crippen LogP contribution in [0.15, 0.2) is 53.4 Å². The number of hydrogen-bond donors (Lipinski definition) is 2. The van der Waals surface area contributed by atoms with Crippen LogP contribution in [0, 0.1) is 16.0 Å². The summed E-state index contributed by atoms with van der Waals surface area (Å²) in [5, 5.41) is 18.5. The first-order valence-electron chi connectivity index (χ1n) is 9.12. The molecule has 0 saturated carbocycles. The Labute approximate surface area is 172 Å². The zero-order chi connectivity index (χ0) is 21.9. The number of piperidine rings is 1. The van der Waals surface area contributed by atoms with Crippen molar-refractivity contribution in [1.82, 2.24) is 4.90 Å². The van der Waals surface area contributed by atoms with Crippen LogP contribution in [-0.4, -0.2) is 43.1 Å². The van der Waals surface area contributed by atoms with Gasteiger partial charge in [0.2, 0.25) is 15.9 Å². The molecule has 0 spiro atoms. The molecule has 3 N–H and O–H groups in total. The third kappa shape index (κ3) is 4.99. The first-order chi connectivity index (χ1) is 14.1. The van der Waals surface area contributed by atoms with Crippen molar-refractivity contribution in [3.05, 3.63) is 64.2 Å². The average molecular weight is 432 g/mol. The molecule has 0 radical (unpaired) electrons. The molecule has 0 aromatic heterocycles. The Kier molecular flexibility index (Phi) is 6.13. The van der Waals surface area contributed by atoms with Gasteiger partial charge in [-0.15, -0.1) is 0 Å². The normalized spacial score (nSPS) is 14.9. The van der Waals surface area contributed by atoms with Gasteiger partial charge in [-0.25, -0.2) is 13.6 Å². The molecule has 1 aliphatic heterocycles. The van der Waals surface area contributed by atoms with Crippen molar-refractivity contribution in [2.75, 3.05) is 18.4 Å². The van der Waals surface area contributed by atoms with Gasteiger partial charge in [-0.3, -0.25) is 19.7 Å². The Morgan fingerprint density at radius 3 is 2.10 bits per heavy atom. The summed E-state index contributed by atoms with van der Waals surface area (Å²) in [5.74, 6) is -0.730. The molecule has 2 aromatic carbocycles. The average Bonchev–Trinajstić information content (AvgIpc) is 2.73. The summed E-state index contributed by atoms with van der Waals surface area (Å²) in [6.07, 6.45) is 0.944. The number of benzene rings is 2. The lowest BCUT2D eigenvalue weighted by Crippen LogP contribution is -2.41. The van der Waals surface area contributed by atoms with Gasteiger partial charge in [0.05, 0.1) is 9.82 Å². The molecule has 0 bridgehead atoms. The number of likely N-dealkylation sites (tertiary alicyclic amines) is 1. The van der Waals surface area contributed by atoms with Crippen LogP contribution in [-0.2, 0) is 14.8 Å². The number of carbonyl (C=O) groups excluding carboxylic acids is 2. The summed E-state index contributed by atoms with van der Waals surface area (Å²) in [4.78, 5) is 36.8. The fourth-order valence-electron chi connectivity index (χ4n) is 3.23. The van der Waals surface area contributed by atoms with Crippen molar-refractivity contribution in [3.63, 3.8) is 0 Å². The van der Waals surface area contributed by atoms with E-state index in [2.05, 4.69) is 5.32 Å². The molecule has 1 aliphatic rings. The molecule has 10 nitrogen and oxygen atoms in total. The highest BCUT2D eigenvalue weighted by molar-refractivity contribution is 7.89. The summed E-state index contributed by atoms with van der Waals surface area (Å²) in [6.45, 7) is 0.774. The number of sulfonamides is 1. The van der Waals surface area contributed by atoms with Gasteiger partial charge >= 0.3 is 0 Å². The van der Waals surface area contributed by atoms with Crippen LogP contribution in [0.4, 0.5) is 11.4 Å². The molecular formula is C19H20N4O6S. The third-order valence-electron chi connectivity index (χ3n) is 4.93. The molecular weight excluding hydrogens is 412 g/mol. The number of nitrogens with zero attached hydrogens (tertiary/aromatic N) is 2. The molecule has 2 amide bonds. The van der Waals surface area contributed by atoms with Crippen molar-refractivity contribution in [3.8, 4) is 0 Å². The number of anilines is 1. The van der Waals surface area contributed by atoms with Gasteiger partial charge in [0.15, 0.2) is 0 Å². The maximum absolute atomic E-state index is 12.6.